The molecule has 0 nitrogen and oxygen atoms in total. The van der Waals surface area contributed by atoms with Crippen LogP contribution < -0.4 is 0 Å². The lowest BCUT2D eigenvalue weighted by molar-refractivity contribution is 0.710. The molecule has 90 valence electrons. The molecule has 0 unspecified atom stereocenters. The van der Waals surface area contributed by atoms with E-state index in [1.54, 1.807) is 16.7 Å². The number of hydrogen-bond donors (Lipinski definition) is 0. The molecule has 0 radical (unpaired) electrons. The molecule has 0 saturated carbocycles. The van der Waals surface area contributed by atoms with Gasteiger partial charge in [-0.3, -0.25) is 0 Å². The van der Waals surface area contributed by atoms with Crippen molar-refractivity contribution in [1.82, 2.24) is 0 Å². The first-order chi connectivity index (χ1) is 7.83. The Bertz CT molecular complexity index is 299. The third kappa shape index (κ3) is 3.66. The minimum atomic E-state index is 1.18. The van der Waals surface area contributed by atoms with Gasteiger partial charge < -0.3 is 0 Å². The van der Waals surface area contributed by atoms with Crippen LogP contribution in [0.2, 0.25) is 0 Å². The van der Waals surface area contributed by atoms with Gasteiger partial charge >= 0.3 is 0 Å². The molecule has 0 fully saturated rings. The summed E-state index contributed by atoms with van der Waals surface area (Å²) in [6.07, 6.45) is 9.00. The van der Waals surface area contributed by atoms with Crippen LogP contribution in [-0.4, -0.2) is 0 Å². The summed E-state index contributed by atoms with van der Waals surface area (Å²) < 4.78 is 0. The fraction of sp³-hybridized carbons (Fsp3) is 0.625. The van der Waals surface area contributed by atoms with Gasteiger partial charge in [-0.2, -0.15) is 0 Å². The molecule has 0 bridgehead atoms. The van der Waals surface area contributed by atoms with E-state index in [2.05, 4.69) is 39.0 Å². The van der Waals surface area contributed by atoms with E-state index in [9.17, 15) is 0 Å². The van der Waals surface area contributed by atoms with Crippen molar-refractivity contribution < 1.29 is 0 Å². The van der Waals surface area contributed by atoms with Crippen LogP contribution in [0.3, 0.4) is 0 Å². The molecular weight excluding hydrogens is 192 g/mol. The van der Waals surface area contributed by atoms with E-state index in [1.807, 2.05) is 0 Å². The van der Waals surface area contributed by atoms with Crippen LogP contribution in [0.5, 0.6) is 0 Å². The smallest absolute Gasteiger partial charge is 0.0276 e. The minimum Gasteiger partial charge on any atom is -0.0654 e. The lowest BCUT2D eigenvalue weighted by Crippen LogP contribution is -1.99. The summed E-state index contributed by atoms with van der Waals surface area (Å²) in [4.78, 5) is 0. The topological polar surface area (TPSA) is 0 Å². The van der Waals surface area contributed by atoms with Gasteiger partial charge in [-0.25, -0.2) is 0 Å². The van der Waals surface area contributed by atoms with Gasteiger partial charge in [0.15, 0.2) is 0 Å². The summed E-state index contributed by atoms with van der Waals surface area (Å²) in [6, 6.07) is 6.87. The van der Waals surface area contributed by atoms with Crippen molar-refractivity contribution >= 4 is 0 Å². The molecule has 0 aliphatic rings. The molecule has 0 amide bonds. The van der Waals surface area contributed by atoms with Crippen molar-refractivity contribution in [3.63, 3.8) is 0 Å². The highest BCUT2D eigenvalue weighted by Gasteiger charge is 2.05. The highest BCUT2D eigenvalue weighted by molar-refractivity contribution is 5.35. The fourth-order valence-corrected chi connectivity index (χ4v) is 2.39. The van der Waals surface area contributed by atoms with Crippen LogP contribution in [0.4, 0.5) is 0 Å². The SMILES string of the molecule is CCCCCc1cccc(CC)c1CCC. The molecule has 0 aliphatic carbocycles. The zero-order valence-corrected chi connectivity index (χ0v) is 11.2. The molecule has 1 aromatic rings. The summed E-state index contributed by atoms with van der Waals surface area (Å²) in [6.45, 7) is 6.82. The molecule has 0 heteroatoms. The Morgan fingerprint density at radius 2 is 1.56 bits per heavy atom. The third-order valence-electron chi connectivity index (χ3n) is 3.30. The zero-order chi connectivity index (χ0) is 11.8. The molecule has 0 atom stereocenters. The summed E-state index contributed by atoms with van der Waals surface area (Å²) >= 11 is 0. The Kier molecular flexibility index (Phi) is 6.22. The van der Waals surface area contributed by atoms with Crippen molar-refractivity contribution in [3.8, 4) is 0 Å². The van der Waals surface area contributed by atoms with Crippen LogP contribution in [0.25, 0.3) is 0 Å². The monoisotopic (exact) mass is 218 g/mol. The van der Waals surface area contributed by atoms with Crippen LogP contribution in [0.1, 0.15) is 63.1 Å². The molecule has 0 aromatic heterocycles. The van der Waals surface area contributed by atoms with E-state index < -0.39 is 0 Å². The van der Waals surface area contributed by atoms with Crippen LogP contribution in [0.15, 0.2) is 18.2 Å². The highest BCUT2D eigenvalue weighted by atomic mass is 14.1. The molecular formula is C16H26. The second-order valence-electron chi connectivity index (χ2n) is 4.62. The van der Waals surface area contributed by atoms with E-state index in [-0.39, 0.29) is 0 Å². The number of aryl methyl sites for hydroxylation is 2. The van der Waals surface area contributed by atoms with Crippen LogP contribution in [0, 0.1) is 0 Å². The molecule has 0 saturated heterocycles. The molecule has 0 spiro atoms. The quantitative estimate of drug-likeness (QED) is 0.569. The summed E-state index contributed by atoms with van der Waals surface area (Å²) in [5, 5.41) is 0. The lowest BCUT2D eigenvalue weighted by atomic mass is 9.93. The third-order valence-corrected chi connectivity index (χ3v) is 3.30. The number of hydrogen-bond acceptors (Lipinski definition) is 0. The van der Waals surface area contributed by atoms with Gasteiger partial charge in [0.2, 0.25) is 0 Å². The number of benzene rings is 1. The summed E-state index contributed by atoms with van der Waals surface area (Å²) in [5.74, 6) is 0. The largest absolute Gasteiger partial charge is 0.0654 e. The van der Waals surface area contributed by atoms with Crippen LogP contribution in [-0.2, 0) is 19.3 Å². The van der Waals surface area contributed by atoms with E-state index >= 15 is 0 Å². The lowest BCUT2D eigenvalue weighted by Gasteiger charge is -2.13. The maximum atomic E-state index is 2.33. The molecule has 0 aliphatic heterocycles. The normalized spacial score (nSPS) is 10.7. The first-order valence-corrected chi connectivity index (χ1v) is 6.93. The molecule has 16 heavy (non-hydrogen) atoms. The van der Waals surface area contributed by atoms with Crippen molar-refractivity contribution in [3.05, 3.63) is 34.9 Å². The van der Waals surface area contributed by atoms with Gasteiger partial charge in [0.05, 0.1) is 0 Å². The molecule has 0 N–H and O–H groups in total. The Morgan fingerprint density at radius 3 is 2.19 bits per heavy atom. The van der Waals surface area contributed by atoms with Gasteiger partial charge in [-0.15, -0.1) is 0 Å². The predicted molar refractivity (Wildman–Crippen MR) is 73.0 cm³/mol. The maximum Gasteiger partial charge on any atom is -0.0276 e. The Morgan fingerprint density at radius 1 is 0.812 bits per heavy atom. The maximum absolute atomic E-state index is 2.33. The minimum absolute atomic E-state index is 1.18. The van der Waals surface area contributed by atoms with Gasteiger partial charge in [0.1, 0.15) is 0 Å². The Hall–Kier alpha value is -0.780. The molecule has 0 heterocycles. The zero-order valence-electron chi connectivity index (χ0n) is 11.2. The first kappa shape index (κ1) is 13.3. The second kappa shape index (κ2) is 7.49. The van der Waals surface area contributed by atoms with E-state index in [1.165, 1.54) is 44.9 Å². The van der Waals surface area contributed by atoms with E-state index in [4.69, 9.17) is 0 Å². The molecule has 1 aromatic carbocycles. The van der Waals surface area contributed by atoms with E-state index in [0.29, 0.717) is 0 Å². The Balaban J connectivity index is 2.79. The average molecular weight is 218 g/mol. The summed E-state index contributed by atoms with van der Waals surface area (Å²) in [7, 11) is 0. The van der Waals surface area contributed by atoms with Crippen molar-refractivity contribution in [2.75, 3.05) is 0 Å². The standard InChI is InChI=1S/C16H26/c1-4-7-8-11-15-13-9-12-14(6-3)16(15)10-5-2/h9,12-13H,4-8,10-11H2,1-3H3. The fourth-order valence-electron chi connectivity index (χ4n) is 2.39. The number of rotatable bonds is 7. The van der Waals surface area contributed by atoms with Gasteiger partial charge in [-0.05, 0) is 42.4 Å². The van der Waals surface area contributed by atoms with Crippen LogP contribution >= 0.6 is 0 Å². The van der Waals surface area contributed by atoms with Crippen molar-refractivity contribution in [2.45, 2.75) is 65.7 Å². The van der Waals surface area contributed by atoms with Crippen molar-refractivity contribution in [2.24, 2.45) is 0 Å². The Labute approximate surface area is 101 Å². The first-order valence-electron chi connectivity index (χ1n) is 6.93. The van der Waals surface area contributed by atoms with Gasteiger partial charge in [-0.1, -0.05) is 58.2 Å². The average Bonchev–Trinajstić information content (AvgIpc) is 2.31. The van der Waals surface area contributed by atoms with Gasteiger partial charge in [0, 0.05) is 0 Å². The summed E-state index contributed by atoms with van der Waals surface area (Å²) in [5.41, 5.74) is 4.81. The van der Waals surface area contributed by atoms with E-state index in [0.717, 1.165) is 0 Å². The second-order valence-corrected chi connectivity index (χ2v) is 4.62. The highest BCUT2D eigenvalue weighted by Crippen LogP contribution is 2.20. The number of unbranched alkanes of at least 4 members (excludes halogenated alkanes) is 2. The predicted octanol–water partition coefficient (Wildman–Crippen LogP) is 4.93. The van der Waals surface area contributed by atoms with Gasteiger partial charge in [0.25, 0.3) is 0 Å². The molecule has 1 rings (SSSR count). The van der Waals surface area contributed by atoms with Crippen molar-refractivity contribution in [1.29, 1.82) is 0 Å².